The third-order valence-electron chi connectivity index (χ3n) is 3.22. The van der Waals surface area contributed by atoms with Crippen LogP contribution < -0.4 is 10.6 Å². The monoisotopic (exact) mass is 254 g/mol. The lowest BCUT2D eigenvalue weighted by atomic mass is 10.1. The van der Waals surface area contributed by atoms with Gasteiger partial charge in [0, 0.05) is 6.54 Å². The molecule has 2 N–H and O–H groups in total. The van der Waals surface area contributed by atoms with Crippen LogP contribution >= 0.6 is 0 Å². The van der Waals surface area contributed by atoms with E-state index in [1.54, 1.807) is 0 Å². The largest absolute Gasteiger partial charge is 0.352 e. The molecule has 1 amide bonds. The van der Waals surface area contributed by atoms with Crippen molar-refractivity contribution >= 4 is 5.91 Å². The van der Waals surface area contributed by atoms with E-state index < -0.39 is 23.1 Å². The summed E-state index contributed by atoms with van der Waals surface area (Å²) in [5.74, 6) is -1.94. The van der Waals surface area contributed by atoms with Crippen molar-refractivity contribution in [2.24, 2.45) is 5.92 Å². The minimum Gasteiger partial charge on any atom is -0.352 e. The number of rotatable bonds is 3. The van der Waals surface area contributed by atoms with Gasteiger partial charge in [-0.3, -0.25) is 4.79 Å². The summed E-state index contributed by atoms with van der Waals surface area (Å²) < 4.78 is 27.2. The quantitative estimate of drug-likeness (QED) is 0.860. The molecule has 1 heterocycles. The van der Waals surface area contributed by atoms with Crippen LogP contribution in [0.5, 0.6) is 0 Å². The topological polar surface area (TPSA) is 41.1 Å². The zero-order valence-electron chi connectivity index (χ0n) is 10.2. The summed E-state index contributed by atoms with van der Waals surface area (Å²) in [7, 11) is 0. The molecule has 1 aliphatic rings. The predicted octanol–water partition coefficient (Wildman–Crippen LogP) is 1.61. The SMILES string of the molecule is Cc1ccc(F)c(C(=O)NCC2CCNC2)c1F. The van der Waals surface area contributed by atoms with Crippen LogP contribution in [0.1, 0.15) is 22.3 Å². The average molecular weight is 254 g/mol. The molecule has 0 spiro atoms. The van der Waals surface area contributed by atoms with Crippen molar-refractivity contribution in [3.8, 4) is 0 Å². The van der Waals surface area contributed by atoms with Crippen molar-refractivity contribution in [3.63, 3.8) is 0 Å². The molecule has 0 aliphatic carbocycles. The van der Waals surface area contributed by atoms with Crippen molar-refractivity contribution in [1.29, 1.82) is 0 Å². The minimum atomic E-state index is -0.819. The van der Waals surface area contributed by atoms with Gasteiger partial charge in [-0.05, 0) is 44.0 Å². The van der Waals surface area contributed by atoms with Gasteiger partial charge in [0.25, 0.3) is 5.91 Å². The zero-order chi connectivity index (χ0) is 13.1. The standard InChI is InChI=1S/C13H16F2N2O/c1-8-2-3-10(14)11(12(8)15)13(18)17-7-9-4-5-16-6-9/h2-3,9,16H,4-7H2,1H3,(H,17,18). The van der Waals surface area contributed by atoms with E-state index in [0.29, 0.717) is 12.5 Å². The van der Waals surface area contributed by atoms with Gasteiger partial charge in [-0.2, -0.15) is 0 Å². The maximum atomic E-state index is 13.7. The van der Waals surface area contributed by atoms with Gasteiger partial charge >= 0.3 is 0 Å². The summed E-state index contributed by atoms with van der Waals surface area (Å²) >= 11 is 0. The number of nitrogens with one attached hydrogen (secondary N) is 2. The van der Waals surface area contributed by atoms with Gasteiger partial charge in [0.05, 0.1) is 0 Å². The summed E-state index contributed by atoms with van der Waals surface area (Å²) in [6, 6.07) is 2.44. The molecular formula is C13H16F2N2O. The first-order valence-electron chi connectivity index (χ1n) is 6.03. The van der Waals surface area contributed by atoms with Gasteiger partial charge < -0.3 is 10.6 Å². The number of hydrogen-bond donors (Lipinski definition) is 2. The summed E-state index contributed by atoms with van der Waals surface area (Å²) in [5.41, 5.74) is -0.218. The third-order valence-corrected chi connectivity index (χ3v) is 3.22. The smallest absolute Gasteiger partial charge is 0.257 e. The molecule has 18 heavy (non-hydrogen) atoms. The fourth-order valence-corrected chi connectivity index (χ4v) is 2.08. The molecule has 1 atom stereocenters. The second-order valence-corrected chi connectivity index (χ2v) is 4.62. The molecule has 1 saturated heterocycles. The Morgan fingerprint density at radius 2 is 2.28 bits per heavy atom. The predicted molar refractivity (Wildman–Crippen MR) is 64.4 cm³/mol. The molecule has 0 saturated carbocycles. The molecule has 1 fully saturated rings. The van der Waals surface area contributed by atoms with E-state index >= 15 is 0 Å². The molecule has 1 unspecified atom stereocenters. The van der Waals surface area contributed by atoms with Crippen LogP contribution in [0, 0.1) is 24.5 Å². The van der Waals surface area contributed by atoms with E-state index in [-0.39, 0.29) is 5.56 Å². The van der Waals surface area contributed by atoms with Crippen LogP contribution in [0.4, 0.5) is 8.78 Å². The number of benzene rings is 1. The van der Waals surface area contributed by atoms with E-state index in [0.717, 1.165) is 25.6 Å². The van der Waals surface area contributed by atoms with Crippen molar-refractivity contribution in [2.45, 2.75) is 13.3 Å². The molecular weight excluding hydrogens is 238 g/mol. The van der Waals surface area contributed by atoms with Crippen molar-refractivity contribution < 1.29 is 13.6 Å². The van der Waals surface area contributed by atoms with Gasteiger partial charge in [-0.25, -0.2) is 8.78 Å². The number of carbonyl (C=O) groups is 1. The highest BCUT2D eigenvalue weighted by Crippen LogP contribution is 2.16. The van der Waals surface area contributed by atoms with Crippen LogP contribution in [0.25, 0.3) is 0 Å². The van der Waals surface area contributed by atoms with E-state index in [4.69, 9.17) is 0 Å². The number of halogens is 2. The Labute approximate surface area is 105 Å². The van der Waals surface area contributed by atoms with Gasteiger partial charge in [0.2, 0.25) is 0 Å². The molecule has 98 valence electrons. The molecule has 1 aliphatic heterocycles. The Kier molecular flexibility index (Phi) is 3.91. The summed E-state index contributed by atoms with van der Waals surface area (Å²) in [6.45, 7) is 3.71. The molecule has 0 aromatic heterocycles. The highest BCUT2D eigenvalue weighted by Gasteiger charge is 2.21. The summed E-state index contributed by atoms with van der Waals surface area (Å²) in [6.07, 6.45) is 0.971. The molecule has 2 rings (SSSR count). The fraction of sp³-hybridized carbons (Fsp3) is 0.462. The van der Waals surface area contributed by atoms with Gasteiger partial charge in [-0.1, -0.05) is 6.07 Å². The Morgan fingerprint density at radius 3 is 2.94 bits per heavy atom. The lowest BCUT2D eigenvalue weighted by Gasteiger charge is -2.11. The first kappa shape index (κ1) is 13.0. The number of amides is 1. The number of aryl methyl sites for hydroxylation is 1. The first-order valence-corrected chi connectivity index (χ1v) is 6.03. The molecule has 3 nitrogen and oxygen atoms in total. The Morgan fingerprint density at radius 1 is 1.50 bits per heavy atom. The maximum absolute atomic E-state index is 13.7. The summed E-state index contributed by atoms with van der Waals surface area (Å²) in [4.78, 5) is 11.8. The van der Waals surface area contributed by atoms with Crippen molar-refractivity contribution in [3.05, 3.63) is 34.9 Å². The number of carbonyl (C=O) groups excluding carboxylic acids is 1. The second-order valence-electron chi connectivity index (χ2n) is 4.62. The number of hydrogen-bond acceptors (Lipinski definition) is 2. The van der Waals surface area contributed by atoms with Crippen LogP contribution in [0.2, 0.25) is 0 Å². The van der Waals surface area contributed by atoms with Crippen LogP contribution in [-0.2, 0) is 0 Å². The molecule has 5 heteroatoms. The summed E-state index contributed by atoms with van der Waals surface area (Å²) in [5, 5.41) is 5.76. The Bertz CT molecular complexity index is 457. The third kappa shape index (κ3) is 2.67. The van der Waals surface area contributed by atoms with E-state index in [1.807, 2.05) is 0 Å². The lowest BCUT2D eigenvalue weighted by Crippen LogP contribution is -2.31. The molecule has 0 radical (unpaired) electrons. The fourth-order valence-electron chi connectivity index (χ4n) is 2.08. The Hall–Kier alpha value is -1.49. The van der Waals surface area contributed by atoms with Gasteiger partial charge in [0.1, 0.15) is 17.2 Å². The lowest BCUT2D eigenvalue weighted by molar-refractivity contribution is 0.0939. The second kappa shape index (κ2) is 5.44. The maximum Gasteiger partial charge on any atom is 0.257 e. The van der Waals surface area contributed by atoms with Crippen LogP contribution in [-0.4, -0.2) is 25.5 Å². The molecule has 1 aromatic carbocycles. The minimum absolute atomic E-state index is 0.268. The van der Waals surface area contributed by atoms with Crippen molar-refractivity contribution in [1.82, 2.24) is 10.6 Å². The first-order chi connectivity index (χ1) is 8.59. The van der Waals surface area contributed by atoms with E-state index in [9.17, 15) is 13.6 Å². The van der Waals surface area contributed by atoms with Crippen molar-refractivity contribution in [2.75, 3.05) is 19.6 Å². The normalized spacial score (nSPS) is 18.9. The van der Waals surface area contributed by atoms with Crippen LogP contribution in [0.15, 0.2) is 12.1 Å². The van der Waals surface area contributed by atoms with Gasteiger partial charge in [-0.15, -0.1) is 0 Å². The van der Waals surface area contributed by atoms with Crippen LogP contribution in [0.3, 0.4) is 0 Å². The highest BCUT2D eigenvalue weighted by atomic mass is 19.1. The van der Waals surface area contributed by atoms with Gasteiger partial charge in [0.15, 0.2) is 0 Å². The zero-order valence-corrected chi connectivity index (χ0v) is 10.2. The molecule has 1 aromatic rings. The highest BCUT2D eigenvalue weighted by molar-refractivity contribution is 5.94. The molecule has 0 bridgehead atoms. The Balaban J connectivity index is 2.06. The van der Waals surface area contributed by atoms with E-state index in [1.165, 1.54) is 13.0 Å². The van der Waals surface area contributed by atoms with E-state index in [2.05, 4.69) is 10.6 Å². The average Bonchev–Trinajstić information content (AvgIpc) is 2.85.